The summed E-state index contributed by atoms with van der Waals surface area (Å²) in [5, 5.41) is 12.8. The highest BCUT2D eigenvalue weighted by molar-refractivity contribution is 5.89. The number of piperidine rings is 1. The summed E-state index contributed by atoms with van der Waals surface area (Å²) < 4.78 is 16.7. The third-order valence-corrected chi connectivity index (χ3v) is 7.28. The molecule has 1 amide bonds. The summed E-state index contributed by atoms with van der Waals surface area (Å²) in [4.78, 5) is 28.1. The van der Waals surface area contributed by atoms with Gasteiger partial charge in [0.05, 0.1) is 0 Å². The SMILES string of the molecule is Cc1ncc(-c2cc3cc(Nc4cc5n(n4)CC(=O)N(C4CCNCC4)CC5)ncc3cc2F)c(C)n1. The van der Waals surface area contributed by atoms with Gasteiger partial charge in [-0.2, -0.15) is 5.10 Å². The number of hydrogen-bond acceptors (Lipinski definition) is 7. The van der Waals surface area contributed by atoms with E-state index in [0.29, 0.717) is 46.6 Å². The Kier molecular flexibility index (Phi) is 6.03. The lowest BCUT2D eigenvalue weighted by Crippen LogP contribution is -2.47. The average molecular weight is 501 g/mol. The van der Waals surface area contributed by atoms with E-state index in [-0.39, 0.29) is 18.3 Å². The molecule has 2 aliphatic heterocycles. The molecule has 4 aromatic rings. The third kappa shape index (κ3) is 4.64. The first-order chi connectivity index (χ1) is 17.9. The second-order valence-electron chi connectivity index (χ2n) is 9.79. The lowest BCUT2D eigenvalue weighted by atomic mass is 10.0. The third-order valence-electron chi connectivity index (χ3n) is 7.28. The molecule has 0 radical (unpaired) electrons. The van der Waals surface area contributed by atoms with Gasteiger partial charge in [-0.1, -0.05) is 0 Å². The van der Waals surface area contributed by atoms with Crippen LogP contribution in [0, 0.1) is 19.7 Å². The van der Waals surface area contributed by atoms with Crippen molar-refractivity contribution in [3.8, 4) is 11.1 Å². The molecule has 0 spiro atoms. The van der Waals surface area contributed by atoms with Crippen molar-refractivity contribution in [2.75, 3.05) is 25.0 Å². The van der Waals surface area contributed by atoms with Gasteiger partial charge in [-0.25, -0.2) is 19.3 Å². The van der Waals surface area contributed by atoms with Gasteiger partial charge in [0.1, 0.15) is 24.0 Å². The molecule has 5 heterocycles. The number of benzene rings is 1. The Morgan fingerprint density at radius 3 is 2.65 bits per heavy atom. The fourth-order valence-corrected chi connectivity index (χ4v) is 5.36. The monoisotopic (exact) mass is 500 g/mol. The predicted octanol–water partition coefficient (Wildman–Crippen LogP) is 3.52. The number of nitrogens with zero attached hydrogens (tertiary/aromatic N) is 6. The van der Waals surface area contributed by atoms with Crippen LogP contribution in [0.3, 0.4) is 0 Å². The van der Waals surface area contributed by atoms with Crippen LogP contribution in [0.25, 0.3) is 21.9 Å². The minimum atomic E-state index is -0.341. The zero-order chi connectivity index (χ0) is 25.5. The molecule has 0 saturated carbocycles. The van der Waals surface area contributed by atoms with E-state index in [1.165, 1.54) is 6.07 Å². The van der Waals surface area contributed by atoms with Crippen molar-refractivity contribution in [1.82, 2.24) is 34.9 Å². The highest BCUT2D eigenvalue weighted by Crippen LogP contribution is 2.30. The maximum absolute atomic E-state index is 14.9. The molecule has 1 fully saturated rings. The molecule has 2 N–H and O–H groups in total. The van der Waals surface area contributed by atoms with Crippen LogP contribution in [0.5, 0.6) is 0 Å². The highest BCUT2D eigenvalue weighted by atomic mass is 19.1. The summed E-state index contributed by atoms with van der Waals surface area (Å²) >= 11 is 0. The summed E-state index contributed by atoms with van der Waals surface area (Å²) in [5.74, 6) is 1.66. The molecule has 3 aromatic heterocycles. The van der Waals surface area contributed by atoms with Crippen molar-refractivity contribution >= 4 is 28.3 Å². The van der Waals surface area contributed by atoms with Crippen LogP contribution in [0.15, 0.2) is 36.7 Å². The Hall–Kier alpha value is -3.92. The smallest absolute Gasteiger partial charge is 0.244 e. The van der Waals surface area contributed by atoms with Crippen molar-refractivity contribution < 1.29 is 9.18 Å². The predicted molar refractivity (Wildman–Crippen MR) is 139 cm³/mol. The van der Waals surface area contributed by atoms with Gasteiger partial charge in [0.15, 0.2) is 5.82 Å². The Morgan fingerprint density at radius 1 is 1.00 bits per heavy atom. The van der Waals surface area contributed by atoms with E-state index < -0.39 is 0 Å². The van der Waals surface area contributed by atoms with Crippen molar-refractivity contribution in [3.63, 3.8) is 0 Å². The zero-order valence-corrected chi connectivity index (χ0v) is 21.0. The van der Waals surface area contributed by atoms with E-state index in [1.54, 1.807) is 23.1 Å². The average Bonchev–Trinajstić information content (AvgIpc) is 3.18. The summed E-state index contributed by atoms with van der Waals surface area (Å²) in [7, 11) is 0. The number of nitrogens with one attached hydrogen (secondary N) is 2. The molecular weight excluding hydrogens is 471 g/mol. The fourth-order valence-electron chi connectivity index (χ4n) is 5.36. The Morgan fingerprint density at radius 2 is 1.84 bits per heavy atom. The van der Waals surface area contributed by atoms with E-state index in [1.807, 2.05) is 30.9 Å². The molecule has 1 saturated heterocycles. The van der Waals surface area contributed by atoms with Gasteiger partial charge in [0.2, 0.25) is 5.91 Å². The van der Waals surface area contributed by atoms with Crippen LogP contribution >= 0.6 is 0 Å². The van der Waals surface area contributed by atoms with Gasteiger partial charge in [-0.3, -0.25) is 9.48 Å². The Balaban J connectivity index is 1.23. The van der Waals surface area contributed by atoms with Gasteiger partial charge in [0.25, 0.3) is 0 Å². The molecule has 10 heteroatoms. The van der Waals surface area contributed by atoms with Crippen molar-refractivity contribution in [2.45, 2.75) is 45.7 Å². The number of aromatic nitrogens is 5. The van der Waals surface area contributed by atoms with Gasteiger partial charge in [-0.15, -0.1) is 0 Å². The second-order valence-corrected chi connectivity index (χ2v) is 9.79. The number of aryl methyl sites for hydroxylation is 2. The molecule has 37 heavy (non-hydrogen) atoms. The van der Waals surface area contributed by atoms with Crippen LogP contribution in [-0.2, 0) is 17.8 Å². The number of fused-ring (bicyclic) bond motifs is 2. The van der Waals surface area contributed by atoms with E-state index in [2.05, 4.69) is 30.7 Å². The summed E-state index contributed by atoms with van der Waals surface area (Å²) in [6.07, 6.45) is 6.06. The maximum Gasteiger partial charge on any atom is 0.244 e. The minimum absolute atomic E-state index is 0.120. The molecule has 190 valence electrons. The first kappa shape index (κ1) is 23.5. The molecule has 0 aliphatic carbocycles. The topological polar surface area (TPSA) is 101 Å². The van der Waals surface area contributed by atoms with Gasteiger partial charge < -0.3 is 15.5 Å². The number of pyridine rings is 1. The largest absolute Gasteiger partial charge is 0.338 e. The number of rotatable bonds is 4. The molecule has 1 aromatic carbocycles. The number of carbonyl (C=O) groups excluding carboxylic acids is 1. The molecule has 0 atom stereocenters. The van der Waals surface area contributed by atoms with Crippen molar-refractivity contribution in [1.29, 1.82) is 0 Å². The first-order valence-corrected chi connectivity index (χ1v) is 12.7. The normalized spacial score (nSPS) is 16.6. The quantitative estimate of drug-likeness (QED) is 0.442. The molecule has 6 rings (SSSR count). The van der Waals surface area contributed by atoms with Crippen molar-refractivity contribution in [3.05, 3.63) is 59.7 Å². The number of anilines is 2. The van der Waals surface area contributed by atoms with E-state index in [0.717, 1.165) is 49.1 Å². The number of hydrogen-bond donors (Lipinski definition) is 2. The standard InChI is InChI=1S/C27H29FN8O/c1-16-23(14-30-17(2)32-16)22-9-18-11-25(31-13-19(18)10-24(22)28)33-26-12-21-5-8-35(20-3-6-29-7-4-20)27(37)15-36(21)34-26/h9-14,20,29H,3-8,15H2,1-2H3,(H,31,33,34). The zero-order valence-electron chi connectivity index (χ0n) is 21.0. The number of carbonyl (C=O) groups is 1. The van der Waals surface area contributed by atoms with Gasteiger partial charge >= 0.3 is 0 Å². The first-order valence-electron chi connectivity index (χ1n) is 12.7. The van der Waals surface area contributed by atoms with Gasteiger partial charge in [-0.05, 0) is 63.4 Å². The fraction of sp³-hybridized carbons (Fsp3) is 0.370. The van der Waals surface area contributed by atoms with Crippen LogP contribution < -0.4 is 10.6 Å². The Bertz CT molecular complexity index is 1490. The van der Waals surface area contributed by atoms with Gasteiger partial charge in [0, 0.05) is 65.4 Å². The van der Waals surface area contributed by atoms with Crippen LogP contribution in [0.1, 0.15) is 30.1 Å². The lowest BCUT2D eigenvalue weighted by Gasteiger charge is -2.33. The second kappa shape index (κ2) is 9.51. The van der Waals surface area contributed by atoms with Crippen molar-refractivity contribution in [2.24, 2.45) is 0 Å². The molecule has 9 nitrogen and oxygen atoms in total. The van der Waals surface area contributed by atoms with E-state index >= 15 is 0 Å². The maximum atomic E-state index is 14.9. The highest BCUT2D eigenvalue weighted by Gasteiger charge is 2.28. The Labute approximate surface area is 214 Å². The van der Waals surface area contributed by atoms with E-state index in [9.17, 15) is 9.18 Å². The van der Waals surface area contributed by atoms with E-state index in [4.69, 9.17) is 0 Å². The summed E-state index contributed by atoms with van der Waals surface area (Å²) in [6.45, 7) is 6.53. The number of halogens is 1. The molecule has 0 unspecified atom stereocenters. The molecular formula is C27H29FN8O. The summed E-state index contributed by atoms with van der Waals surface area (Å²) in [5.41, 5.74) is 2.86. The number of amides is 1. The van der Waals surface area contributed by atoms with Crippen LogP contribution in [0.2, 0.25) is 0 Å². The summed E-state index contributed by atoms with van der Waals surface area (Å²) in [6, 6.07) is 7.45. The molecule has 0 bridgehead atoms. The molecule has 2 aliphatic rings. The minimum Gasteiger partial charge on any atom is -0.338 e. The van der Waals surface area contributed by atoms with Crippen LogP contribution in [-0.4, -0.2) is 61.2 Å². The van der Waals surface area contributed by atoms with Crippen LogP contribution in [0.4, 0.5) is 16.0 Å². The lowest BCUT2D eigenvalue weighted by molar-refractivity contribution is -0.134.